The minimum absolute atomic E-state index is 0.0304. The molecule has 1 unspecified atom stereocenters. The summed E-state index contributed by atoms with van der Waals surface area (Å²) in [5.41, 5.74) is 4.70. The van der Waals surface area contributed by atoms with Gasteiger partial charge in [0, 0.05) is 29.2 Å². The van der Waals surface area contributed by atoms with Gasteiger partial charge in [0.2, 0.25) is 5.43 Å². The van der Waals surface area contributed by atoms with Gasteiger partial charge in [-0.2, -0.15) is 0 Å². The number of ether oxygens (including phenoxy) is 2. The van der Waals surface area contributed by atoms with Gasteiger partial charge in [0.1, 0.15) is 11.9 Å². The number of nitrogens with zero attached hydrogens (tertiary/aromatic N) is 3. The Bertz CT molecular complexity index is 1630. The molecule has 2 aromatic heterocycles. The molecule has 1 saturated heterocycles. The van der Waals surface area contributed by atoms with E-state index in [4.69, 9.17) is 9.47 Å². The van der Waals surface area contributed by atoms with Crippen molar-refractivity contribution in [2.24, 2.45) is 0 Å². The highest BCUT2D eigenvalue weighted by atomic mass is 32.1. The SMILES string of the molecule is COc1ccc2c(c1)-c1ccsc1-c1ccccc1[C@H]2N1C2COCCN2C(=O)c2c(O)c(=O)ccn21. The van der Waals surface area contributed by atoms with Crippen LogP contribution in [0.1, 0.15) is 27.7 Å². The maximum Gasteiger partial charge on any atom is 0.278 e. The number of fused-ring (bicyclic) bond motifs is 7. The van der Waals surface area contributed by atoms with E-state index >= 15 is 0 Å². The lowest BCUT2D eigenvalue weighted by Crippen LogP contribution is -2.66. The van der Waals surface area contributed by atoms with Gasteiger partial charge in [0.05, 0.1) is 26.4 Å². The number of hydrogen-bond donors (Lipinski definition) is 1. The van der Waals surface area contributed by atoms with Gasteiger partial charge in [-0.15, -0.1) is 11.3 Å². The summed E-state index contributed by atoms with van der Waals surface area (Å²) in [4.78, 5) is 28.8. The minimum atomic E-state index is -0.583. The number of methoxy groups -OCH3 is 1. The highest BCUT2D eigenvalue weighted by Crippen LogP contribution is 2.50. The number of aromatic hydroxyl groups is 1. The molecule has 7 rings (SSSR count). The van der Waals surface area contributed by atoms with Crippen LogP contribution in [-0.4, -0.2) is 53.6 Å². The van der Waals surface area contributed by atoms with E-state index in [1.165, 1.54) is 6.07 Å². The molecular formula is C28H23N3O5S. The number of amides is 1. The van der Waals surface area contributed by atoms with E-state index in [2.05, 4.69) is 34.7 Å². The molecule has 8 nitrogen and oxygen atoms in total. The van der Waals surface area contributed by atoms with Crippen molar-refractivity contribution in [1.82, 2.24) is 9.58 Å². The molecule has 9 heteroatoms. The predicted octanol–water partition coefficient (Wildman–Crippen LogP) is 3.81. The first-order chi connectivity index (χ1) is 18.1. The van der Waals surface area contributed by atoms with E-state index in [1.807, 2.05) is 24.3 Å². The molecule has 1 N–H and O–H groups in total. The third-order valence-electron chi connectivity index (χ3n) is 7.45. The highest BCUT2D eigenvalue weighted by Gasteiger charge is 2.46. The maximum absolute atomic E-state index is 13.5. The summed E-state index contributed by atoms with van der Waals surface area (Å²) in [7, 11) is 1.65. The van der Waals surface area contributed by atoms with Gasteiger partial charge in [-0.05, 0) is 45.8 Å². The van der Waals surface area contributed by atoms with Gasteiger partial charge < -0.3 is 19.5 Å². The lowest BCUT2D eigenvalue weighted by Gasteiger charge is -2.51. The van der Waals surface area contributed by atoms with Crippen molar-refractivity contribution in [3.8, 4) is 33.1 Å². The Morgan fingerprint density at radius 2 is 1.86 bits per heavy atom. The minimum Gasteiger partial charge on any atom is -0.502 e. The number of carbonyl (C=O) groups excluding carboxylic acids is 1. The molecule has 186 valence electrons. The zero-order valence-electron chi connectivity index (χ0n) is 20.0. The van der Waals surface area contributed by atoms with Crippen LogP contribution in [0.25, 0.3) is 21.6 Å². The van der Waals surface area contributed by atoms with Crippen LogP contribution in [0, 0.1) is 0 Å². The second-order valence-corrected chi connectivity index (χ2v) is 10.2. The molecule has 2 aliphatic heterocycles. The summed E-state index contributed by atoms with van der Waals surface area (Å²) >= 11 is 1.68. The summed E-state index contributed by atoms with van der Waals surface area (Å²) < 4.78 is 13.1. The highest BCUT2D eigenvalue weighted by molar-refractivity contribution is 7.14. The molecule has 37 heavy (non-hydrogen) atoms. The Hall–Kier alpha value is -4.08. The number of benzene rings is 2. The summed E-state index contributed by atoms with van der Waals surface area (Å²) in [6.45, 7) is 1.05. The fourth-order valence-electron chi connectivity index (χ4n) is 5.79. The van der Waals surface area contributed by atoms with E-state index in [-0.39, 0.29) is 17.6 Å². The second-order valence-electron chi connectivity index (χ2n) is 9.26. The monoisotopic (exact) mass is 513 g/mol. The van der Waals surface area contributed by atoms with Crippen LogP contribution in [0.5, 0.6) is 11.5 Å². The van der Waals surface area contributed by atoms with Crippen molar-refractivity contribution >= 4 is 17.2 Å². The van der Waals surface area contributed by atoms with Crippen molar-refractivity contribution in [2.75, 3.05) is 31.9 Å². The van der Waals surface area contributed by atoms with E-state index in [0.717, 1.165) is 38.4 Å². The quantitative estimate of drug-likeness (QED) is 0.439. The average molecular weight is 514 g/mol. The molecule has 2 atom stereocenters. The number of rotatable bonds is 2. The molecule has 4 aromatic rings. The van der Waals surface area contributed by atoms with Crippen molar-refractivity contribution in [1.29, 1.82) is 0 Å². The zero-order valence-corrected chi connectivity index (χ0v) is 20.8. The third-order valence-corrected chi connectivity index (χ3v) is 8.40. The first kappa shape index (κ1) is 22.1. The van der Waals surface area contributed by atoms with Crippen LogP contribution in [0.4, 0.5) is 0 Å². The Kier molecular flexibility index (Phi) is 4.92. The number of hydrogen-bond acceptors (Lipinski definition) is 7. The summed E-state index contributed by atoms with van der Waals surface area (Å²) in [6, 6.07) is 17.4. The lowest BCUT2D eigenvalue weighted by atomic mass is 9.92. The van der Waals surface area contributed by atoms with E-state index in [1.54, 1.807) is 34.2 Å². The molecule has 1 aliphatic carbocycles. The third kappa shape index (κ3) is 3.11. The van der Waals surface area contributed by atoms with Crippen molar-refractivity contribution in [3.63, 3.8) is 0 Å². The van der Waals surface area contributed by atoms with Gasteiger partial charge in [0.25, 0.3) is 5.91 Å². The fraction of sp³-hybridized carbons (Fsp3) is 0.214. The Morgan fingerprint density at radius 1 is 1.03 bits per heavy atom. The predicted molar refractivity (Wildman–Crippen MR) is 140 cm³/mol. The molecule has 1 amide bonds. The van der Waals surface area contributed by atoms with Gasteiger partial charge in [-0.3, -0.25) is 19.3 Å². The Labute approximate surface area is 216 Å². The van der Waals surface area contributed by atoms with E-state index < -0.39 is 17.3 Å². The molecule has 0 spiro atoms. The van der Waals surface area contributed by atoms with Crippen molar-refractivity contribution in [2.45, 2.75) is 12.2 Å². The summed E-state index contributed by atoms with van der Waals surface area (Å²) in [6.07, 6.45) is 1.13. The first-order valence-electron chi connectivity index (χ1n) is 12.1. The molecule has 0 bridgehead atoms. The maximum atomic E-state index is 13.5. The van der Waals surface area contributed by atoms with Crippen LogP contribution in [0.3, 0.4) is 0 Å². The first-order valence-corrected chi connectivity index (χ1v) is 12.9. The lowest BCUT2D eigenvalue weighted by molar-refractivity contribution is -0.0196. The van der Waals surface area contributed by atoms with Crippen LogP contribution in [-0.2, 0) is 4.74 Å². The molecule has 2 aromatic carbocycles. The van der Waals surface area contributed by atoms with Gasteiger partial charge in [-0.1, -0.05) is 30.3 Å². The standard InChI is InChI=1S/C28H23N3O5S/c1-35-16-6-7-18-21(14-16)20-9-13-37-27(20)19-5-3-2-4-17(19)24(18)31-23-15-36-12-11-29(23)28(34)25-26(33)22(32)8-10-30(25)31/h2-10,13-14,23-24,33H,11-12,15H2,1H3/t23?,24-/m1/s1. The normalized spacial score (nSPS) is 19.8. The molecule has 0 radical (unpaired) electrons. The van der Waals surface area contributed by atoms with Crippen molar-refractivity contribution in [3.05, 3.63) is 93.2 Å². The number of pyridine rings is 1. The Balaban J connectivity index is 1.57. The zero-order chi connectivity index (χ0) is 25.3. The number of morpholine rings is 1. The van der Waals surface area contributed by atoms with Crippen molar-refractivity contribution < 1.29 is 19.4 Å². The molecule has 3 aliphatic rings. The summed E-state index contributed by atoms with van der Waals surface area (Å²) in [5.74, 6) is -0.173. The number of thiophene rings is 1. The largest absolute Gasteiger partial charge is 0.502 e. The number of aromatic nitrogens is 1. The fourth-order valence-corrected chi connectivity index (χ4v) is 6.75. The van der Waals surface area contributed by atoms with Gasteiger partial charge >= 0.3 is 0 Å². The average Bonchev–Trinajstić information content (AvgIpc) is 3.39. The Morgan fingerprint density at radius 3 is 2.73 bits per heavy atom. The molecule has 4 heterocycles. The molecule has 0 saturated carbocycles. The van der Waals surface area contributed by atoms with Gasteiger partial charge in [-0.25, -0.2) is 0 Å². The van der Waals surface area contributed by atoms with Gasteiger partial charge in [0.15, 0.2) is 11.4 Å². The van der Waals surface area contributed by atoms with Crippen LogP contribution in [0.2, 0.25) is 0 Å². The molecular weight excluding hydrogens is 490 g/mol. The molecule has 1 fully saturated rings. The van der Waals surface area contributed by atoms with Crippen LogP contribution < -0.4 is 15.2 Å². The second kappa shape index (κ2) is 8.22. The smallest absolute Gasteiger partial charge is 0.278 e. The van der Waals surface area contributed by atoms with E-state index in [0.29, 0.717) is 19.8 Å². The van der Waals surface area contributed by atoms with Crippen LogP contribution >= 0.6 is 11.3 Å². The van der Waals surface area contributed by atoms with E-state index in [9.17, 15) is 14.7 Å². The topological polar surface area (TPSA) is 84.2 Å². The number of carbonyl (C=O) groups is 1. The summed E-state index contributed by atoms with van der Waals surface area (Å²) in [5, 5.41) is 15.0. The van der Waals surface area contributed by atoms with Crippen LogP contribution in [0.15, 0.2) is 71.0 Å².